The molecule has 3 aliphatic carbocycles. The van der Waals surface area contributed by atoms with E-state index < -0.39 is 28.9 Å². The summed E-state index contributed by atoms with van der Waals surface area (Å²) in [5.41, 5.74) is 3.97. The maximum atomic E-state index is 15.6. The average Bonchev–Trinajstić information content (AvgIpc) is 3.50. The van der Waals surface area contributed by atoms with Crippen LogP contribution in [0.4, 0.5) is 15.8 Å². The normalized spacial score (nSPS) is 27.6. The molecule has 5 aromatic carbocycles. The lowest BCUT2D eigenvalue weighted by Gasteiger charge is -2.55. The Labute approximate surface area is 254 Å². The van der Waals surface area contributed by atoms with Crippen molar-refractivity contribution < 1.29 is 18.8 Å². The number of hydrogen-bond acceptors (Lipinski definition) is 4. The Morgan fingerprint density at radius 1 is 0.614 bits per heavy atom. The van der Waals surface area contributed by atoms with Gasteiger partial charge in [0.1, 0.15) is 17.3 Å². The van der Waals surface area contributed by atoms with Gasteiger partial charge in [-0.2, -0.15) is 0 Å². The Bertz CT molecular complexity index is 1950. The van der Waals surface area contributed by atoms with Gasteiger partial charge in [-0.05, 0) is 71.1 Å². The van der Waals surface area contributed by atoms with Gasteiger partial charge in [-0.15, -0.1) is 0 Å². The van der Waals surface area contributed by atoms with Crippen LogP contribution in [-0.4, -0.2) is 17.4 Å². The number of rotatable bonds is 3. The molecule has 6 heteroatoms. The molecule has 2 aliphatic heterocycles. The molecule has 10 rings (SSSR count). The van der Waals surface area contributed by atoms with Crippen LogP contribution >= 0.6 is 0 Å². The molecule has 0 saturated carbocycles. The molecule has 5 aromatic rings. The number of hydrogen-bond donors (Lipinski definition) is 0. The SMILES string of the molecule is Cc1ccc(N2C(=O)C34ON(c5ccccc5)C(c5ccc(F)cc5)C3(C2=O)C2c3ccccc3C4c3ccccc32)cc1. The molecular formula is C38H27FN2O3. The maximum absolute atomic E-state index is 15.6. The highest BCUT2D eigenvalue weighted by Crippen LogP contribution is 2.77. The van der Waals surface area contributed by atoms with Crippen LogP contribution in [0.3, 0.4) is 0 Å². The van der Waals surface area contributed by atoms with Crippen LogP contribution < -0.4 is 9.96 Å². The number of nitrogens with zero attached hydrogens (tertiary/aromatic N) is 2. The molecule has 44 heavy (non-hydrogen) atoms. The second-order valence-corrected chi connectivity index (χ2v) is 12.2. The van der Waals surface area contributed by atoms with Crippen LogP contribution in [0.15, 0.2) is 127 Å². The molecule has 2 saturated heterocycles. The summed E-state index contributed by atoms with van der Waals surface area (Å²) < 4.78 is 14.4. The third-order valence-electron chi connectivity index (χ3n) is 10.2. The van der Waals surface area contributed by atoms with E-state index in [0.717, 1.165) is 27.8 Å². The molecule has 3 unspecified atom stereocenters. The molecule has 5 aliphatic rings. The van der Waals surface area contributed by atoms with E-state index in [-0.39, 0.29) is 17.6 Å². The van der Waals surface area contributed by atoms with Gasteiger partial charge in [-0.25, -0.2) is 14.4 Å². The minimum absolute atomic E-state index is 0.307. The second-order valence-electron chi connectivity index (χ2n) is 12.2. The van der Waals surface area contributed by atoms with Gasteiger partial charge < -0.3 is 0 Å². The fraction of sp³-hybridized carbons (Fsp3) is 0.158. The minimum atomic E-state index is -1.60. The van der Waals surface area contributed by atoms with E-state index in [2.05, 4.69) is 24.3 Å². The molecule has 0 aromatic heterocycles. The van der Waals surface area contributed by atoms with Crippen LogP contribution in [0.2, 0.25) is 0 Å². The number of halogens is 1. The predicted octanol–water partition coefficient (Wildman–Crippen LogP) is 7.22. The van der Waals surface area contributed by atoms with Gasteiger partial charge in [-0.3, -0.25) is 14.4 Å². The van der Waals surface area contributed by atoms with Gasteiger partial charge in [0.2, 0.25) is 11.5 Å². The zero-order valence-corrected chi connectivity index (χ0v) is 23.9. The summed E-state index contributed by atoms with van der Waals surface area (Å²) >= 11 is 0. The fourth-order valence-corrected chi connectivity index (χ4v) is 8.60. The van der Waals surface area contributed by atoms with Crippen LogP contribution in [0.1, 0.15) is 51.3 Å². The molecule has 5 nitrogen and oxygen atoms in total. The lowest BCUT2D eigenvalue weighted by atomic mass is 9.43. The second kappa shape index (κ2) is 8.74. The van der Waals surface area contributed by atoms with Crippen molar-refractivity contribution in [2.75, 3.05) is 9.96 Å². The molecule has 2 amide bonds. The lowest BCUT2D eigenvalue weighted by Crippen LogP contribution is -2.63. The molecule has 2 fully saturated rings. The van der Waals surface area contributed by atoms with E-state index in [1.165, 1.54) is 17.0 Å². The van der Waals surface area contributed by atoms with Crippen LogP contribution in [-0.2, 0) is 14.4 Å². The van der Waals surface area contributed by atoms with Gasteiger partial charge in [-0.1, -0.05) is 96.6 Å². The molecule has 2 heterocycles. The van der Waals surface area contributed by atoms with Crippen molar-refractivity contribution in [1.82, 2.24) is 0 Å². The van der Waals surface area contributed by atoms with Crippen LogP contribution in [0.5, 0.6) is 0 Å². The molecule has 214 valence electrons. The highest BCUT2D eigenvalue weighted by molar-refractivity contribution is 6.29. The van der Waals surface area contributed by atoms with Crippen molar-refractivity contribution in [1.29, 1.82) is 0 Å². The number of benzene rings is 5. The third kappa shape index (κ3) is 2.87. The molecule has 0 radical (unpaired) electrons. The topological polar surface area (TPSA) is 49.9 Å². The number of para-hydroxylation sites is 1. The zero-order valence-electron chi connectivity index (χ0n) is 23.9. The smallest absolute Gasteiger partial charge is 0.271 e. The first kappa shape index (κ1) is 25.4. The number of imide groups is 1. The fourth-order valence-electron chi connectivity index (χ4n) is 8.60. The minimum Gasteiger partial charge on any atom is -0.273 e. The van der Waals surface area contributed by atoms with E-state index in [0.29, 0.717) is 16.9 Å². The molecule has 2 bridgehead atoms. The number of amides is 2. The van der Waals surface area contributed by atoms with E-state index in [1.54, 1.807) is 17.2 Å². The standard InChI is InChI=1S/C38H27FN2O3/c1-23-15-21-26(22-16-23)40-35(42)37-32-28-11-5-7-13-30(28)33(31-14-8-6-12-29(31)32)38(37,36(40)43)44-41(27-9-3-2-4-10-27)34(37)24-17-19-25(39)20-18-24/h2-22,32-34H,1H3. The Morgan fingerprint density at radius 2 is 1.16 bits per heavy atom. The van der Waals surface area contributed by atoms with Crippen molar-refractivity contribution in [3.63, 3.8) is 0 Å². The zero-order chi connectivity index (χ0) is 29.8. The van der Waals surface area contributed by atoms with Gasteiger partial charge >= 0.3 is 0 Å². The maximum Gasteiger partial charge on any atom is 0.271 e. The molecular weight excluding hydrogens is 551 g/mol. The van der Waals surface area contributed by atoms with Gasteiger partial charge in [0.25, 0.3) is 5.91 Å². The van der Waals surface area contributed by atoms with E-state index >= 15 is 9.59 Å². The molecule has 0 spiro atoms. The van der Waals surface area contributed by atoms with E-state index in [9.17, 15) is 4.39 Å². The first-order chi connectivity index (χ1) is 21.5. The van der Waals surface area contributed by atoms with Crippen molar-refractivity contribution in [2.24, 2.45) is 5.41 Å². The monoisotopic (exact) mass is 578 g/mol. The first-order valence-corrected chi connectivity index (χ1v) is 14.9. The van der Waals surface area contributed by atoms with E-state index in [4.69, 9.17) is 4.84 Å². The Kier molecular flexibility index (Phi) is 5.05. The number of anilines is 2. The Balaban J connectivity index is 1.43. The predicted molar refractivity (Wildman–Crippen MR) is 165 cm³/mol. The van der Waals surface area contributed by atoms with Crippen molar-refractivity contribution in [3.05, 3.63) is 167 Å². The highest BCUT2D eigenvalue weighted by atomic mass is 19.1. The molecule has 3 atom stereocenters. The Morgan fingerprint density at radius 3 is 1.75 bits per heavy atom. The summed E-state index contributed by atoms with van der Waals surface area (Å²) in [6.45, 7) is 1.97. The average molecular weight is 579 g/mol. The molecule has 0 N–H and O–H groups in total. The first-order valence-electron chi connectivity index (χ1n) is 14.9. The number of hydroxylamine groups is 1. The number of carbonyl (C=O) groups excluding carboxylic acids is 2. The van der Waals surface area contributed by atoms with Crippen LogP contribution in [0.25, 0.3) is 0 Å². The van der Waals surface area contributed by atoms with Crippen LogP contribution in [0, 0.1) is 18.2 Å². The summed E-state index contributed by atoms with van der Waals surface area (Å²) in [7, 11) is 0. The lowest BCUT2D eigenvalue weighted by molar-refractivity contribution is -0.153. The largest absolute Gasteiger partial charge is 0.273 e. The summed E-state index contributed by atoms with van der Waals surface area (Å²) in [5.74, 6) is -2.12. The van der Waals surface area contributed by atoms with Crippen molar-refractivity contribution >= 4 is 23.2 Å². The number of carbonyl (C=O) groups is 2. The quantitative estimate of drug-likeness (QED) is 0.212. The van der Waals surface area contributed by atoms with Gasteiger partial charge in [0, 0.05) is 5.92 Å². The summed E-state index contributed by atoms with van der Waals surface area (Å²) in [5, 5.41) is 1.76. The summed E-state index contributed by atoms with van der Waals surface area (Å²) in [4.78, 5) is 39.5. The number of aryl methyl sites for hydroxylation is 1. The summed E-state index contributed by atoms with van der Waals surface area (Å²) in [6.07, 6.45) is 0. The third-order valence-corrected chi connectivity index (χ3v) is 10.2. The van der Waals surface area contributed by atoms with Gasteiger partial charge in [0.15, 0.2) is 0 Å². The highest BCUT2D eigenvalue weighted by Gasteiger charge is 2.87. The van der Waals surface area contributed by atoms with Gasteiger partial charge in [0.05, 0.1) is 17.3 Å². The van der Waals surface area contributed by atoms with E-state index in [1.807, 2.05) is 85.8 Å². The van der Waals surface area contributed by atoms with Crippen molar-refractivity contribution in [3.8, 4) is 0 Å². The summed E-state index contributed by atoms with van der Waals surface area (Å²) in [6, 6.07) is 38.9. The van der Waals surface area contributed by atoms with Crippen molar-refractivity contribution in [2.45, 2.75) is 30.4 Å². The Hall–Kier alpha value is -5.07.